The van der Waals surface area contributed by atoms with Gasteiger partial charge in [0.15, 0.2) is 0 Å². The van der Waals surface area contributed by atoms with Crippen molar-refractivity contribution < 1.29 is 13.9 Å². The van der Waals surface area contributed by atoms with Crippen molar-refractivity contribution in [2.45, 2.75) is 63.0 Å². The summed E-state index contributed by atoms with van der Waals surface area (Å²) in [4.78, 5) is 12.6. The second kappa shape index (κ2) is 7.71. The van der Waals surface area contributed by atoms with Crippen LogP contribution in [0.15, 0.2) is 48.5 Å². The van der Waals surface area contributed by atoms with Gasteiger partial charge in [0.05, 0.1) is 6.04 Å². The maximum Gasteiger partial charge on any atom is 0.220 e. The average Bonchev–Trinajstić information content (AvgIpc) is 2.68. The van der Waals surface area contributed by atoms with Crippen LogP contribution in [-0.2, 0) is 11.2 Å². The number of halogens is 1. The van der Waals surface area contributed by atoms with Gasteiger partial charge < -0.3 is 10.1 Å². The number of hydrogen-bond acceptors (Lipinski definition) is 2. The molecular weight excluding hydrogens is 341 g/mol. The first-order chi connectivity index (χ1) is 13.1. The fraction of sp³-hybridized carbons (Fsp3) is 0.435. The molecule has 3 nitrogen and oxygen atoms in total. The summed E-state index contributed by atoms with van der Waals surface area (Å²) >= 11 is 0. The Morgan fingerprint density at radius 1 is 1.07 bits per heavy atom. The molecule has 1 fully saturated rings. The number of nitrogens with one attached hydrogen (secondary N) is 1. The van der Waals surface area contributed by atoms with Crippen molar-refractivity contribution in [1.82, 2.24) is 5.32 Å². The topological polar surface area (TPSA) is 38.3 Å². The highest BCUT2D eigenvalue weighted by atomic mass is 19.1. The summed E-state index contributed by atoms with van der Waals surface area (Å²) in [5, 5.41) is 3.24. The van der Waals surface area contributed by atoms with Gasteiger partial charge in [0.25, 0.3) is 0 Å². The molecule has 1 heterocycles. The van der Waals surface area contributed by atoms with E-state index in [0.717, 1.165) is 36.1 Å². The summed E-state index contributed by atoms with van der Waals surface area (Å²) < 4.78 is 19.4. The summed E-state index contributed by atoms with van der Waals surface area (Å²) in [6, 6.07) is 14.4. The number of carbonyl (C=O) groups excluding carboxylic acids is 1. The van der Waals surface area contributed by atoms with Gasteiger partial charge in [-0.3, -0.25) is 4.79 Å². The summed E-state index contributed by atoms with van der Waals surface area (Å²) in [5.41, 5.74) is 1.91. The average molecular weight is 367 g/mol. The van der Waals surface area contributed by atoms with Crippen molar-refractivity contribution in [3.8, 4) is 5.75 Å². The highest BCUT2D eigenvalue weighted by Gasteiger charge is 2.42. The molecule has 142 valence electrons. The number of rotatable bonds is 4. The molecular formula is C23H26FNO2. The minimum absolute atomic E-state index is 0.00577. The Morgan fingerprint density at radius 3 is 2.59 bits per heavy atom. The molecule has 0 aromatic heterocycles. The molecule has 2 aromatic carbocycles. The molecule has 1 amide bonds. The van der Waals surface area contributed by atoms with E-state index in [4.69, 9.17) is 4.74 Å². The van der Waals surface area contributed by atoms with E-state index in [1.807, 2.05) is 18.2 Å². The summed E-state index contributed by atoms with van der Waals surface area (Å²) in [6.07, 6.45) is 7.61. The van der Waals surface area contributed by atoms with Crippen LogP contribution in [0.4, 0.5) is 4.39 Å². The van der Waals surface area contributed by atoms with Crippen molar-refractivity contribution in [3.05, 3.63) is 65.5 Å². The van der Waals surface area contributed by atoms with Gasteiger partial charge in [0.1, 0.15) is 17.2 Å². The number of fused-ring (bicyclic) bond motifs is 1. The van der Waals surface area contributed by atoms with Crippen molar-refractivity contribution in [3.63, 3.8) is 0 Å². The number of hydrogen-bond donors (Lipinski definition) is 1. The standard InChI is InChI=1S/C23H26FNO2/c24-18-11-8-17(9-12-18)10-13-22(26)25-20-16-23(14-4-1-5-15-23)27-21-7-3-2-6-19(20)21/h2-3,6-9,11-12,20H,1,4-5,10,13-16H2,(H,25,26)/t20-/m0/s1. The fourth-order valence-electron chi connectivity index (χ4n) is 4.42. The quantitative estimate of drug-likeness (QED) is 0.816. The van der Waals surface area contributed by atoms with E-state index in [2.05, 4.69) is 11.4 Å². The van der Waals surface area contributed by atoms with Crippen molar-refractivity contribution in [1.29, 1.82) is 0 Å². The van der Waals surface area contributed by atoms with Gasteiger partial charge >= 0.3 is 0 Å². The highest BCUT2D eigenvalue weighted by Crippen LogP contribution is 2.46. The van der Waals surface area contributed by atoms with Gasteiger partial charge in [-0.05, 0) is 55.9 Å². The third kappa shape index (κ3) is 4.15. The first-order valence-electron chi connectivity index (χ1n) is 9.95. The Labute approximate surface area is 159 Å². The lowest BCUT2D eigenvalue weighted by Gasteiger charge is -2.44. The molecule has 1 N–H and O–H groups in total. The zero-order chi connectivity index (χ0) is 18.7. The van der Waals surface area contributed by atoms with Gasteiger partial charge in [0.2, 0.25) is 5.91 Å². The molecule has 0 unspecified atom stereocenters. The Kier molecular flexibility index (Phi) is 5.15. The number of carbonyl (C=O) groups is 1. The van der Waals surface area contributed by atoms with E-state index in [1.165, 1.54) is 31.4 Å². The summed E-state index contributed by atoms with van der Waals surface area (Å²) in [6.45, 7) is 0. The molecule has 4 heteroatoms. The van der Waals surface area contributed by atoms with E-state index in [1.54, 1.807) is 12.1 Å². The van der Waals surface area contributed by atoms with E-state index in [9.17, 15) is 9.18 Å². The van der Waals surface area contributed by atoms with Crippen molar-refractivity contribution in [2.24, 2.45) is 0 Å². The molecule has 1 spiro atoms. The van der Waals surface area contributed by atoms with Gasteiger partial charge in [-0.15, -0.1) is 0 Å². The number of aryl methyl sites for hydroxylation is 1. The van der Waals surface area contributed by atoms with Gasteiger partial charge in [-0.25, -0.2) is 4.39 Å². The fourth-order valence-corrected chi connectivity index (χ4v) is 4.42. The maximum absolute atomic E-state index is 13.0. The second-order valence-electron chi connectivity index (χ2n) is 7.83. The maximum atomic E-state index is 13.0. The second-order valence-corrected chi connectivity index (χ2v) is 7.83. The predicted octanol–water partition coefficient (Wildman–Crippen LogP) is 5.10. The lowest BCUT2D eigenvalue weighted by molar-refractivity contribution is -0.122. The number of ether oxygens (including phenoxy) is 1. The molecule has 1 saturated carbocycles. The van der Waals surface area contributed by atoms with Crippen LogP contribution in [0.1, 0.15) is 62.1 Å². The lowest BCUT2D eigenvalue weighted by atomic mass is 9.77. The van der Waals surface area contributed by atoms with Crippen LogP contribution in [0.2, 0.25) is 0 Å². The Hall–Kier alpha value is -2.36. The smallest absolute Gasteiger partial charge is 0.220 e. The molecule has 2 aromatic rings. The van der Waals surface area contributed by atoms with Crippen LogP contribution >= 0.6 is 0 Å². The monoisotopic (exact) mass is 367 g/mol. The summed E-state index contributed by atoms with van der Waals surface area (Å²) in [5.74, 6) is 0.696. The van der Waals surface area contributed by atoms with Crippen LogP contribution in [0.3, 0.4) is 0 Å². The molecule has 1 atom stereocenters. The van der Waals surface area contributed by atoms with Crippen molar-refractivity contribution >= 4 is 5.91 Å². The summed E-state index contributed by atoms with van der Waals surface area (Å²) in [7, 11) is 0. The number of amides is 1. The molecule has 4 rings (SSSR count). The minimum Gasteiger partial charge on any atom is -0.487 e. The lowest BCUT2D eigenvalue weighted by Crippen LogP contribution is -2.46. The third-order valence-corrected chi connectivity index (χ3v) is 5.85. The molecule has 27 heavy (non-hydrogen) atoms. The molecule has 0 radical (unpaired) electrons. The highest BCUT2D eigenvalue weighted by molar-refractivity contribution is 5.77. The zero-order valence-electron chi connectivity index (χ0n) is 15.5. The van der Waals surface area contributed by atoms with E-state index in [-0.39, 0.29) is 23.4 Å². The number of para-hydroxylation sites is 1. The molecule has 1 aliphatic carbocycles. The molecule has 1 aliphatic heterocycles. The van der Waals surface area contributed by atoms with Gasteiger partial charge in [-0.2, -0.15) is 0 Å². The van der Waals surface area contributed by atoms with E-state index >= 15 is 0 Å². The Bertz CT molecular complexity index is 796. The molecule has 2 aliphatic rings. The SMILES string of the molecule is O=C(CCc1ccc(F)cc1)N[C@H]1CC2(CCCCC2)Oc2ccccc21. The molecule has 0 bridgehead atoms. The van der Waals surface area contributed by atoms with Crippen LogP contribution in [0.5, 0.6) is 5.75 Å². The van der Waals surface area contributed by atoms with Crippen LogP contribution in [0, 0.1) is 5.82 Å². The largest absolute Gasteiger partial charge is 0.487 e. The first kappa shape index (κ1) is 18.0. The Morgan fingerprint density at radius 2 is 1.81 bits per heavy atom. The van der Waals surface area contributed by atoms with Crippen molar-refractivity contribution in [2.75, 3.05) is 0 Å². The minimum atomic E-state index is -0.250. The Balaban J connectivity index is 1.44. The van der Waals surface area contributed by atoms with Gasteiger partial charge in [-0.1, -0.05) is 36.8 Å². The van der Waals surface area contributed by atoms with E-state index < -0.39 is 0 Å². The first-order valence-corrected chi connectivity index (χ1v) is 9.95. The zero-order valence-corrected chi connectivity index (χ0v) is 15.5. The third-order valence-electron chi connectivity index (χ3n) is 5.85. The number of benzene rings is 2. The van der Waals surface area contributed by atoms with Crippen LogP contribution in [0.25, 0.3) is 0 Å². The molecule has 0 saturated heterocycles. The normalized spacial score (nSPS) is 20.6. The van der Waals surface area contributed by atoms with E-state index in [0.29, 0.717) is 12.8 Å². The van der Waals surface area contributed by atoms with Crippen LogP contribution < -0.4 is 10.1 Å². The van der Waals surface area contributed by atoms with Gasteiger partial charge in [0, 0.05) is 18.4 Å². The van der Waals surface area contributed by atoms with Crippen LogP contribution in [-0.4, -0.2) is 11.5 Å². The predicted molar refractivity (Wildman–Crippen MR) is 103 cm³/mol.